The van der Waals surface area contributed by atoms with Gasteiger partial charge in [-0.05, 0) is 32.3 Å². The molecular weight excluding hydrogens is 318 g/mol. The molecule has 8 heteroatoms. The molecule has 1 aromatic rings. The molecule has 0 spiro atoms. The number of carbonyl (C=O) groups is 2. The second-order valence-electron chi connectivity index (χ2n) is 5.34. The Hall–Kier alpha value is -2.27. The predicted octanol–water partition coefficient (Wildman–Crippen LogP) is 0.857. The molecule has 0 saturated heterocycles. The van der Waals surface area contributed by atoms with E-state index in [1.807, 2.05) is 6.07 Å². The number of thioether (sulfide) groups is 1. The van der Waals surface area contributed by atoms with E-state index >= 15 is 0 Å². The van der Waals surface area contributed by atoms with E-state index < -0.39 is 12.1 Å². The average molecular weight is 335 g/mol. The maximum atomic E-state index is 11.8. The SMILES string of the molecule is Cc1cc(=O)[nH]c(SCC(=O)O[C@@H](C)C(=O)NC2CC2)c1C#N. The number of amides is 1. The normalized spacial score (nSPS) is 14.7. The number of carbonyl (C=O) groups excluding carboxylic acids is 2. The number of aromatic amines is 1. The third-order valence-electron chi connectivity index (χ3n) is 3.25. The van der Waals surface area contributed by atoms with E-state index in [0.717, 1.165) is 24.6 Å². The molecule has 1 heterocycles. The molecule has 1 amide bonds. The molecule has 1 saturated carbocycles. The molecule has 1 aliphatic rings. The van der Waals surface area contributed by atoms with E-state index in [0.29, 0.717) is 16.2 Å². The number of H-pyrrole nitrogens is 1. The fourth-order valence-corrected chi connectivity index (χ4v) is 2.72. The molecule has 23 heavy (non-hydrogen) atoms. The number of esters is 1. The minimum Gasteiger partial charge on any atom is -0.452 e. The second kappa shape index (κ2) is 7.33. The highest BCUT2D eigenvalue weighted by atomic mass is 32.2. The van der Waals surface area contributed by atoms with Crippen molar-refractivity contribution >= 4 is 23.6 Å². The van der Waals surface area contributed by atoms with Gasteiger partial charge in [-0.1, -0.05) is 11.8 Å². The summed E-state index contributed by atoms with van der Waals surface area (Å²) in [4.78, 5) is 37.5. The number of nitrogens with zero attached hydrogens (tertiary/aromatic N) is 1. The molecule has 0 aromatic carbocycles. The van der Waals surface area contributed by atoms with Crippen LogP contribution >= 0.6 is 11.8 Å². The topological polar surface area (TPSA) is 112 Å². The van der Waals surface area contributed by atoms with Gasteiger partial charge in [-0.3, -0.25) is 14.4 Å². The highest BCUT2D eigenvalue weighted by Crippen LogP contribution is 2.21. The second-order valence-corrected chi connectivity index (χ2v) is 6.32. The van der Waals surface area contributed by atoms with Crippen LogP contribution in [0.4, 0.5) is 0 Å². The summed E-state index contributed by atoms with van der Waals surface area (Å²) in [6, 6.07) is 3.52. The zero-order valence-corrected chi connectivity index (χ0v) is 13.7. The number of pyridine rings is 1. The minimum absolute atomic E-state index is 0.102. The van der Waals surface area contributed by atoms with E-state index in [4.69, 9.17) is 10.00 Å². The highest BCUT2D eigenvalue weighted by Gasteiger charge is 2.27. The Morgan fingerprint density at radius 2 is 2.26 bits per heavy atom. The molecule has 1 aliphatic carbocycles. The number of hydrogen-bond donors (Lipinski definition) is 2. The molecule has 1 atom stereocenters. The first-order valence-corrected chi connectivity index (χ1v) is 8.16. The Morgan fingerprint density at radius 1 is 1.57 bits per heavy atom. The quantitative estimate of drug-likeness (QED) is 0.589. The first-order chi connectivity index (χ1) is 10.9. The van der Waals surface area contributed by atoms with Gasteiger partial charge in [-0.15, -0.1) is 0 Å². The van der Waals surface area contributed by atoms with Crippen LogP contribution in [0.5, 0.6) is 0 Å². The van der Waals surface area contributed by atoms with Crippen molar-refractivity contribution in [1.82, 2.24) is 10.3 Å². The molecule has 7 nitrogen and oxygen atoms in total. The van der Waals surface area contributed by atoms with Gasteiger partial charge in [-0.25, -0.2) is 0 Å². The number of aryl methyl sites for hydroxylation is 1. The number of nitriles is 1. The summed E-state index contributed by atoms with van der Waals surface area (Å²) in [7, 11) is 0. The van der Waals surface area contributed by atoms with Crippen LogP contribution in [0.3, 0.4) is 0 Å². The van der Waals surface area contributed by atoms with E-state index in [1.54, 1.807) is 6.92 Å². The van der Waals surface area contributed by atoms with Gasteiger partial charge in [0.25, 0.3) is 5.91 Å². The Balaban J connectivity index is 1.90. The number of rotatable bonds is 6. The summed E-state index contributed by atoms with van der Waals surface area (Å²) in [5.41, 5.74) is 0.528. The standard InChI is InChI=1S/C15H17N3O4S/c1-8-5-12(19)18-15(11(8)6-16)23-7-13(20)22-9(2)14(21)17-10-3-4-10/h5,9-10H,3-4,7H2,1-2H3,(H,17,21)(H,18,19)/t9-/m0/s1. The molecule has 0 aliphatic heterocycles. The Bertz CT molecular complexity index is 718. The molecule has 1 fully saturated rings. The number of aromatic nitrogens is 1. The van der Waals surface area contributed by atoms with Crippen molar-refractivity contribution in [3.63, 3.8) is 0 Å². The fraction of sp³-hybridized carbons (Fsp3) is 0.467. The lowest BCUT2D eigenvalue weighted by molar-refractivity contribution is -0.152. The van der Waals surface area contributed by atoms with Gasteiger partial charge >= 0.3 is 5.97 Å². The Morgan fingerprint density at radius 3 is 2.87 bits per heavy atom. The molecule has 0 bridgehead atoms. The van der Waals surface area contributed by atoms with Crippen LogP contribution in [-0.4, -0.2) is 34.8 Å². The van der Waals surface area contributed by atoms with Crippen LogP contribution in [0.25, 0.3) is 0 Å². The van der Waals surface area contributed by atoms with Crippen molar-refractivity contribution in [2.45, 2.75) is 43.9 Å². The van der Waals surface area contributed by atoms with E-state index in [-0.39, 0.29) is 23.3 Å². The largest absolute Gasteiger partial charge is 0.452 e. The molecular formula is C15H17N3O4S. The summed E-state index contributed by atoms with van der Waals surface area (Å²) in [6.45, 7) is 3.16. The van der Waals surface area contributed by atoms with Crippen molar-refractivity contribution in [2.75, 3.05) is 5.75 Å². The Labute approximate surface area is 137 Å². The summed E-state index contributed by atoms with van der Waals surface area (Å²) in [5.74, 6) is -0.998. The maximum absolute atomic E-state index is 11.8. The Kier molecular flexibility index (Phi) is 5.45. The lowest BCUT2D eigenvalue weighted by Gasteiger charge is -2.13. The highest BCUT2D eigenvalue weighted by molar-refractivity contribution is 7.99. The van der Waals surface area contributed by atoms with Crippen molar-refractivity contribution in [1.29, 1.82) is 5.26 Å². The average Bonchev–Trinajstić information content (AvgIpc) is 3.28. The summed E-state index contributed by atoms with van der Waals surface area (Å²) in [6.07, 6.45) is 1.05. The first-order valence-electron chi connectivity index (χ1n) is 7.17. The summed E-state index contributed by atoms with van der Waals surface area (Å²) in [5, 5.41) is 12.2. The lowest BCUT2D eigenvalue weighted by atomic mass is 10.2. The monoisotopic (exact) mass is 335 g/mol. The lowest BCUT2D eigenvalue weighted by Crippen LogP contribution is -2.37. The molecule has 0 radical (unpaired) electrons. The predicted molar refractivity (Wildman–Crippen MR) is 84.0 cm³/mol. The van der Waals surface area contributed by atoms with Crippen LogP contribution in [0.2, 0.25) is 0 Å². The first kappa shape index (κ1) is 17.1. The van der Waals surface area contributed by atoms with Gasteiger partial charge < -0.3 is 15.0 Å². The maximum Gasteiger partial charge on any atom is 0.317 e. The van der Waals surface area contributed by atoms with Crippen molar-refractivity contribution < 1.29 is 14.3 Å². The van der Waals surface area contributed by atoms with Gasteiger partial charge in [0.2, 0.25) is 5.56 Å². The van der Waals surface area contributed by atoms with E-state index in [1.165, 1.54) is 13.0 Å². The van der Waals surface area contributed by atoms with E-state index in [9.17, 15) is 14.4 Å². The van der Waals surface area contributed by atoms with Crippen LogP contribution in [-0.2, 0) is 14.3 Å². The van der Waals surface area contributed by atoms with Gasteiger partial charge in [0.1, 0.15) is 6.07 Å². The summed E-state index contributed by atoms with van der Waals surface area (Å²) >= 11 is 1.00. The molecule has 122 valence electrons. The van der Waals surface area contributed by atoms with Crippen molar-refractivity contribution in [2.24, 2.45) is 0 Å². The third kappa shape index (κ3) is 4.86. The van der Waals surface area contributed by atoms with Crippen LogP contribution in [0.15, 0.2) is 15.9 Å². The number of hydrogen-bond acceptors (Lipinski definition) is 6. The molecule has 0 unspecified atom stereocenters. The van der Waals surface area contributed by atoms with Gasteiger partial charge in [0.05, 0.1) is 16.3 Å². The number of nitrogens with one attached hydrogen (secondary N) is 2. The molecule has 2 N–H and O–H groups in total. The van der Waals surface area contributed by atoms with Crippen LogP contribution < -0.4 is 10.9 Å². The fourth-order valence-electron chi connectivity index (χ4n) is 1.87. The van der Waals surface area contributed by atoms with Crippen LogP contribution in [0, 0.1) is 18.3 Å². The van der Waals surface area contributed by atoms with Crippen molar-refractivity contribution in [3.05, 3.63) is 27.5 Å². The zero-order valence-electron chi connectivity index (χ0n) is 12.8. The molecule has 1 aromatic heterocycles. The van der Waals surface area contributed by atoms with Crippen molar-refractivity contribution in [3.8, 4) is 6.07 Å². The number of ether oxygens (including phenoxy) is 1. The smallest absolute Gasteiger partial charge is 0.317 e. The van der Waals surface area contributed by atoms with Gasteiger partial charge in [0.15, 0.2) is 6.10 Å². The minimum atomic E-state index is -0.865. The molecule has 2 rings (SSSR count). The third-order valence-corrected chi connectivity index (χ3v) is 4.23. The summed E-state index contributed by atoms with van der Waals surface area (Å²) < 4.78 is 5.05. The van der Waals surface area contributed by atoms with Gasteiger partial charge in [0, 0.05) is 12.1 Å². The zero-order chi connectivity index (χ0) is 17.0. The van der Waals surface area contributed by atoms with Crippen LogP contribution in [0.1, 0.15) is 30.9 Å². The van der Waals surface area contributed by atoms with E-state index in [2.05, 4.69) is 10.3 Å². The van der Waals surface area contributed by atoms with Gasteiger partial charge in [-0.2, -0.15) is 5.26 Å².